The third-order valence-corrected chi connectivity index (χ3v) is 6.45. The summed E-state index contributed by atoms with van der Waals surface area (Å²) in [7, 11) is 1.52. The minimum absolute atomic E-state index is 0.0143. The van der Waals surface area contributed by atoms with Gasteiger partial charge in [0.05, 0.1) is 17.6 Å². The second-order valence-electron chi connectivity index (χ2n) is 8.20. The lowest BCUT2D eigenvalue weighted by atomic mass is 9.85. The quantitative estimate of drug-likeness (QED) is 0.404. The lowest BCUT2D eigenvalue weighted by Crippen LogP contribution is -2.36. The zero-order valence-electron chi connectivity index (χ0n) is 18.3. The molecule has 9 nitrogen and oxygen atoms in total. The average Bonchev–Trinajstić information content (AvgIpc) is 3.18. The Morgan fingerprint density at radius 2 is 2.09 bits per heavy atom. The molecule has 1 fully saturated rings. The number of Topliss-reactive ketones (excluding diaryl/α,β-unsaturated/α-hetero) is 1. The third-order valence-electron chi connectivity index (χ3n) is 5.90. The molecule has 11 heteroatoms. The number of aliphatic hydroxyl groups is 1. The molecule has 3 aromatic rings. The number of carbonyl (C=O) groups is 2. The zero-order chi connectivity index (χ0) is 24.5. The van der Waals surface area contributed by atoms with Gasteiger partial charge in [-0.05, 0) is 30.3 Å². The number of imidazole rings is 1. The second-order valence-corrected chi connectivity index (χ2v) is 9.04. The van der Waals surface area contributed by atoms with E-state index in [9.17, 15) is 19.9 Å². The standard InChI is InChI=1S/C23H24Cl2N4O5/c1-34-12-19(21-26-17-5-3-14(24)11-18(17)27-21)28-22(31)13-2-4-15(16(25)10-13)23(32)7-9-29(33)8-6-20(23)30/h2-5,10-11,19,32-33H,6-9,12H2,1H3,(H,26,27)(H,28,31)/t19-,23?/m0/s1. The maximum absolute atomic E-state index is 13.0. The van der Waals surface area contributed by atoms with Crippen molar-refractivity contribution in [3.05, 3.63) is 63.4 Å². The number of hydrogen-bond donors (Lipinski definition) is 4. The summed E-state index contributed by atoms with van der Waals surface area (Å²) >= 11 is 12.4. The first kappa shape index (κ1) is 24.6. The number of amides is 1. The topological polar surface area (TPSA) is 128 Å². The van der Waals surface area contributed by atoms with E-state index in [2.05, 4.69) is 15.3 Å². The number of benzene rings is 2. The number of aromatic nitrogens is 2. The first-order chi connectivity index (χ1) is 16.2. The van der Waals surface area contributed by atoms with Crippen LogP contribution in [0.15, 0.2) is 36.4 Å². The molecule has 1 amide bonds. The van der Waals surface area contributed by atoms with E-state index in [1.807, 2.05) is 0 Å². The molecular weight excluding hydrogens is 483 g/mol. The van der Waals surface area contributed by atoms with E-state index in [1.165, 1.54) is 25.3 Å². The van der Waals surface area contributed by atoms with Gasteiger partial charge in [0.15, 0.2) is 11.4 Å². The minimum atomic E-state index is -1.84. The van der Waals surface area contributed by atoms with Crippen LogP contribution in [-0.4, -0.2) is 63.8 Å². The number of nitrogens with zero attached hydrogens (tertiary/aromatic N) is 2. The van der Waals surface area contributed by atoms with Crippen molar-refractivity contribution in [1.29, 1.82) is 0 Å². The Labute approximate surface area is 205 Å². The van der Waals surface area contributed by atoms with Crippen molar-refractivity contribution in [2.75, 3.05) is 26.8 Å². The fourth-order valence-corrected chi connectivity index (χ4v) is 4.52. The highest BCUT2D eigenvalue weighted by Gasteiger charge is 2.41. The van der Waals surface area contributed by atoms with Crippen molar-refractivity contribution in [1.82, 2.24) is 20.3 Å². The van der Waals surface area contributed by atoms with Crippen LogP contribution in [0.25, 0.3) is 11.0 Å². The largest absolute Gasteiger partial charge is 0.382 e. The summed E-state index contributed by atoms with van der Waals surface area (Å²) in [5, 5.41) is 25.3. The molecule has 4 rings (SSSR count). The molecule has 34 heavy (non-hydrogen) atoms. The van der Waals surface area contributed by atoms with Gasteiger partial charge in [0.2, 0.25) is 0 Å². The van der Waals surface area contributed by atoms with Crippen molar-refractivity contribution in [2.24, 2.45) is 0 Å². The summed E-state index contributed by atoms with van der Waals surface area (Å²) in [6.07, 6.45) is -0.0352. The van der Waals surface area contributed by atoms with Crippen LogP contribution in [0.4, 0.5) is 0 Å². The van der Waals surface area contributed by atoms with Gasteiger partial charge in [0, 0.05) is 54.2 Å². The number of nitrogens with one attached hydrogen (secondary N) is 2. The van der Waals surface area contributed by atoms with Crippen LogP contribution < -0.4 is 5.32 Å². The van der Waals surface area contributed by atoms with Crippen molar-refractivity contribution in [2.45, 2.75) is 24.5 Å². The Kier molecular flexibility index (Phi) is 7.22. The molecule has 2 heterocycles. The number of ketones is 1. The maximum Gasteiger partial charge on any atom is 0.252 e. The number of fused-ring (bicyclic) bond motifs is 1. The smallest absolute Gasteiger partial charge is 0.252 e. The number of hydrogen-bond acceptors (Lipinski definition) is 7. The van der Waals surface area contributed by atoms with E-state index in [0.29, 0.717) is 16.4 Å². The molecule has 1 unspecified atom stereocenters. The van der Waals surface area contributed by atoms with E-state index in [4.69, 9.17) is 27.9 Å². The number of H-pyrrole nitrogens is 1. The highest BCUT2D eigenvalue weighted by Crippen LogP contribution is 2.35. The maximum atomic E-state index is 13.0. The van der Waals surface area contributed by atoms with E-state index >= 15 is 0 Å². The summed E-state index contributed by atoms with van der Waals surface area (Å²) in [5.41, 5.74) is 0.0338. The van der Waals surface area contributed by atoms with Crippen molar-refractivity contribution in [3.63, 3.8) is 0 Å². The number of carbonyl (C=O) groups excluding carboxylic acids is 2. The predicted octanol–water partition coefficient (Wildman–Crippen LogP) is 3.23. The van der Waals surface area contributed by atoms with Gasteiger partial charge in [-0.25, -0.2) is 4.98 Å². The first-order valence-electron chi connectivity index (χ1n) is 10.7. The number of rotatable bonds is 6. The molecular formula is C23H24Cl2N4O5. The summed E-state index contributed by atoms with van der Waals surface area (Å²) in [6, 6.07) is 9.05. The van der Waals surface area contributed by atoms with Crippen LogP contribution in [0.5, 0.6) is 0 Å². The number of halogens is 2. The Hall–Kier alpha value is -2.53. The molecule has 180 valence electrons. The van der Waals surface area contributed by atoms with Gasteiger partial charge in [-0.15, -0.1) is 0 Å². The fraction of sp³-hybridized carbons (Fsp3) is 0.348. The summed E-state index contributed by atoms with van der Waals surface area (Å²) < 4.78 is 5.26. The zero-order valence-corrected chi connectivity index (χ0v) is 19.9. The summed E-state index contributed by atoms with van der Waals surface area (Å²) in [6.45, 7) is 0.410. The van der Waals surface area contributed by atoms with E-state index in [-0.39, 0.29) is 48.7 Å². The van der Waals surface area contributed by atoms with Crippen LogP contribution in [-0.2, 0) is 15.1 Å². The number of methoxy groups -OCH3 is 1. The molecule has 0 aliphatic carbocycles. The average molecular weight is 507 g/mol. The number of ether oxygens (including phenoxy) is 1. The van der Waals surface area contributed by atoms with Crippen LogP contribution in [0.2, 0.25) is 10.0 Å². The summed E-state index contributed by atoms with van der Waals surface area (Å²) in [5.74, 6) is -0.370. The van der Waals surface area contributed by atoms with Crippen molar-refractivity contribution >= 4 is 45.9 Å². The molecule has 1 aliphatic heterocycles. The molecule has 1 aromatic heterocycles. The third kappa shape index (κ3) is 4.95. The Morgan fingerprint density at radius 3 is 2.82 bits per heavy atom. The highest BCUT2D eigenvalue weighted by atomic mass is 35.5. The van der Waals surface area contributed by atoms with Gasteiger partial charge >= 0.3 is 0 Å². The summed E-state index contributed by atoms with van der Waals surface area (Å²) in [4.78, 5) is 33.2. The first-order valence-corrected chi connectivity index (χ1v) is 11.4. The van der Waals surface area contributed by atoms with Crippen LogP contribution in [0.1, 0.15) is 40.6 Å². The Morgan fingerprint density at radius 1 is 1.29 bits per heavy atom. The molecule has 4 N–H and O–H groups in total. The molecule has 0 radical (unpaired) electrons. The molecule has 0 saturated carbocycles. The number of aromatic amines is 1. The second kappa shape index (κ2) is 9.99. The van der Waals surface area contributed by atoms with Gasteiger partial charge < -0.3 is 25.4 Å². The normalized spacial score (nSPS) is 20.3. The Balaban J connectivity index is 1.57. The predicted molar refractivity (Wildman–Crippen MR) is 126 cm³/mol. The van der Waals surface area contributed by atoms with Gasteiger partial charge in [-0.1, -0.05) is 29.3 Å². The van der Waals surface area contributed by atoms with Crippen LogP contribution in [0, 0.1) is 0 Å². The molecule has 0 bridgehead atoms. The molecule has 2 aromatic carbocycles. The van der Waals surface area contributed by atoms with Gasteiger partial charge in [-0.2, -0.15) is 5.06 Å². The fourth-order valence-electron chi connectivity index (χ4n) is 4.02. The monoisotopic (exact) mass is 506 g/mol. The molecule has 1 aliphatic rings. The van der Waals surface area contributed by atoms with Crippen molar-refractivity contribution < 1.29 is 24.6 Å². The minimum Gasteiger partial charge on any atom is -0.382 e. The van der Waals surface area contributed by atoms with Gasteiger partial charge in [0.1, 0.15) is 11.9 Å². The SMILES string of the molecule is COC[C@H](NC(=O)c1ccc(C2(O)CCN(O)CCC2=O)c(Cl)c1)c1nc2cc(Cl)ccc2[nH]1. The lowest BCUT2D eigenvalue weighted by Gasteiger charge is -2.26. The van der Waals surface area contributed by atoms with E-state index in [1.54, 1.807) is 18.2 Å². The number of hydroxylamine groups is 2. The van der Waals surface area contributed by atoms with E-state index in [0.717, 1.165) is 10.6 Å². The Bertz CT molecular complexity index is 1230. The highest BCUT2D eigenvalue weighted by molar-refractivity contribution is 6.32. The van der Waals surface area contributed by atoms with E-state index < -0.39 is 23.3 Å². The van der Waals surface area contributed by atoms with Crippen molar-refractivity contribution in [3.8, 4) is 0 Å². The molecule has 1 saturated heterocycles. The van der Waals surface area contributed by atoms with Crippen LogP contribution in [0.3, 0.4) is 0 Å². The van der Waals surface area contributed by atoms with Crippen LogP contribution >= 0.6 is 23.2 Å². The lowest BCUT2D eigenvalue weighted by molar-refractivity contribution is -0.138. The molecule has 2 atom stereocenters. The van der Waals surface area contributed by atoms with Gasteiger partial charge in [-0.3, -0.25) is 9.59 Å². The molecule has 0 spiro atoms. The van der Waals surface area contributed by atoms with Gasteiger partial charge in [0.25, 0.3) is 5.91 Å².